The molecule has 0 saturated carbocycles. The number of carbonyl (C=O) groups excluding carboxylic acids is 2. The van der Waals surface area contributed by atoms with Crippen LogP contribution in [0.2, 0.25) is 0 Å². The number of carbonyl (C=O) groups is 2. The minimum absolute atomic E-state index is 0.363. The highest BCUT2D eigenvalue weighted by molar-refractivity contribution is 7.12. The standard InChI is InChI=1S/C11H13F3N2O3S/c12-11(13,14)7-16(3-4-17)9(18)6-15-10(19)8-2-1-5-20-8/h1-2,5,17H,3-4,6-7H2,(H,15,19). The Kier molecular flexibility index (Phi) is 5.96. The summed E-state index contributed by atoms with van der Waals surface area (Å²) in [7, 11) is 0. The van der Waals surface area contributed by atoms with Crippen molar-refractivity contribution in [2.45, 2.75) is 6.18 Å². The van der Waals surface area contributed by atoms with Crippen molar-refractivity contribution in [1.29, 1.82) is 0 Å². The van der Waals surface area contributed by atoms with Gasteiger partial charge in [-0.1, -0.05) is 6.07 Å². The molecule has 2 N–H and O–H groups in total. The Hall–Kier alpha value is -1.61. The van der Waals surface area contributed by atoms with Gasteiger partial charge >= 0.3 is 6.18 Å². The minimum atomic E-state index is -4.55. The second kappa shape index (κ2) is 7.25. The van der Waals surface area contributed by atoms with Crippen LogP contribution in [-0.2, 0) is 4.79 Å². The molecule has 2 amide bonds. The van der Waals surface area contributed by atoms with Gasteiger partial charge in [0.1, 0.15) is 6.54 Å². The number of aliphatic hydroxyl groups is 1. The van der Waals surface area contributed by atoms with Crippen molar-refractivity contribution in [2.75, 3.05) is 26.2 Å². The number of nitrogens with one attached hydrogen (secondary N) is 1. The molecule has 9 heteroatoms. The first-order valence-electron chi connectivity index (χ1n) is 5.60. The smallest absolute Gasteiger partial charge is 0.395 e. The van der Waals surface area contributed by atoms with Crippen molar-refractivity contribution in [2.24, 2.45) is 0 Å². The first-order chi connectivity index (χ1) is 9.33. The quantitative estimate of drug-likeness (QED) is 0.819. The number of aliphatic hydroxyl groups excluding tert-OH is 1. The Morgan fingerprint density at radius 1 is 1.40 bits per heavy atom. The van der Waals surface area contributed by atoms with Crippen LogP contribution in [-0.4, -0.2) is 54.2 Å². The lowest BCUT2D eigenvalue weighted by molar-refractivity contribution is -0.161. The summed E-state index contributed by atoms with van der Waals surface area (Å²) in [5, 5.41) is 12.6. The summed E-state index contributed by atoms with van der Waals surface area (Å²) in [5.74, 6) is -1.43. The van der Waals surface area contributed by atoms with Crippen LogP contribution >= 0.6 is 11.3 Å². The molecule has 0 spiro atoms. The van der Waals surface area contributed by atoms with Crippen molar-refractivity contribution in [3.8, 4) is 0 Å². The summed E-state index contributed by atoms with van der Waals surface area (Å²) in [4.78, 5) is 23.9. The maximum absolute atomic E-state index is 12.3. The van der Waals surface area contributed by atoms with Crippen LogP contribution < -0.4 is 5.32 Å². The van der Waals surface area contributed by atoms with Gasteiger partial charge in [0, 0.05) is 6.54 Å². The molecule has 112 valence electrons. The summed E-state index contributed by atoms with van der Waals surface area (Å²) in [5.41, 5.74) is 0. The van der Waals surface area contributed by atoms with E-state index in [-0.39, 0.29) is 0 Å². The third-order valence-corrected chi connectivity index (χ3v) is 3.11. The van der Waals surface area contributed by atoms with Crippen LogP contribution in [0, 0.1) is 0 Å². The number of hydrogen-bond donors (Lipinski definition) is 2. The molecule has 0 aromatic carbocycles. The van der Waals surface area contributed by atoms with E-state index in [9.17, 15) is 22.8 Å². The van der Waals surface area contributed by atoms with E-state index in [0.29, 0.717) is 9.78 Å². The van der Waals surface area contributed by atoms with Crippen LogP contribution in [0.15, 0.2) is 17.5 Å². The molecule has 0 bridgehead atoms. The maximum atomic E-state index is 12.3. The van der Waals surface area contributed by atoms with Gasteiger partial charge in [0.05, 0.1) is 18.0 Å². The van der Waals surface area contributed by atoms with E-state index in [0.717, 1.165) is 11.3 Å². The van der Waals surface area contributed by atoms with Gasteiger partial charge in [0.15, 0.2) is 0 Å². The maximum Gasteiger partial charge on any atom is 0.406 e. The number of thiophene rings is 1. The SMILES string of the molecule is O=C(NCC(=O)N(CCO)CC(F)(F)F)c1cccs1. The molecule has 0 fully saturated rings. The van der Waals surface area contributed by atoms with Crippen LogP contribution in [0.3, 0.4) is 0 Å². The summed E-state index contributed by atoms with van der Waals surface area (Å²) in [6.07, 6.45) is -4.55. The van der Waals surface area contributed by atoms with E-state index in [4.69, 9.17) is 5.11 Å². The number of nitrogens with zero attached hydrogens (tertiary/aromatic N) is 1. The molecule has 0 aliphatic carbocycles. The Bertz CT molecular complexity index is 448. The fourth-order valence-electron chi connectivity index (χ4n) is 1.39. The predicted molar refractivity (Wildman–Crippen MR) is 66.4 cm³/mol. The van der Waals surface area contributed by atoms with Gasteiger partial charge in [-0.05, 0) is 11.4 Å². The lowest BCUT2D eigenvalue weighted by atomic mass is 10.4. The average molecular weight is 310 g/mol. The van der Waals surface area contributed by atoms with Crippen molar-refractivity contribution < 1.29 is 27.9 Å². The van der Waals surface area contributed by atoms with Gasteiger partial charge in [-0.3, -0.25) is 9.59 Å². The molecule has 0 radical (unpaired) electrons. The first kappa shape index (κ1) is 16.4. The fraction of sp³-hybridized carbons (Fsp3) is 0.455. The van der Waals surface area contributed by atoms with E-state index in [1.54, 1.807) is 11.4 Å². The number of amides is 2. The number of rotatable bonds is 6. The second-order valence-corrected chi connectivity index (χ2v) is 4.76. The third kappa shape index (κ3) is 5.57. The zero-order valence-electron chi connectivity index (χ0n) is 10.3. The summed E-state index contributed by atoms with van der Waals surface area (Å²) >= 11 is 1.15. The molecule has 1 aromatic heterocycles. The highest BCUT2D eigenvalue weighted by atomic mass is 32.1. The van der Waals surface area contributed by atoms with E-state index < -0.39 is 44.2 Å². The van der Waals surface area contributed by atoms with Crippen LogP contribution in [0.25, 0.3) is 0 Å². The van der Waals surface area contributed by atoms with Gasteiger partial charge in [-0.15, -0.1) is 11.3 Å². The van der Waals surface area contributed by atoms with Crippen LogP contribution in [0.1, 0.15) is 9.67 Å². The van der Waals surface area contributed by atoms with Gasteiger partial charge in [-0.25, -0.2) is 0 Å². The van der Waals surface area contributed by atoms with Gasteiger partial charge in [0.25, 0.3) is 5.91 Å². The molecule has 0 unspecified atom stereocenters. The van der Waals surface area contributed by atoms with Crippen LogP contribution in [0.5, 0.6) is 0 Å². The minimum Gasteiger partial charge on any atom is -0.395 e. The Balaban J connectivity index is 2.51. The summed E-state index contributed by atoms with van der Waals surface area (Å²) < 4.78 is 36.8. The Morgan fingerprint density at radius 3 is 2.60 bits per heavy atom. The number of hydrogen-bond acceptors (Lipinski definition) is 4. The van der Waals surface area contributed by atoms with Crippen molar-refractivity contribution in [3.05, 3.63) is 22.4 Å². The lowest BCUT2D eigenvalue weighted by Crippen LogP contribution is -2.45. The van der Waals surface area contributed by atoms with Crippen molar-refractivity contribution >= 4 is 23.2 Å². The molecule has 0 atom stereocenters. The summed E-state index contributed by atoms with van der Waals surface area (Å²) in [6, 6.07) is 3.18. The van der Waals surface area contributed by atoms with Crippen molar-refractivity contribution in [1.82, 2.24) is 10.2 Å². The zero-order chi connectivity index (χ0) is 15.2. The topological polar surface area (TPSA) is 69.6 Å². The highest BCUT2D eigenvalue weighted by Crippen LogP contribution is 2.16. The van der Waals surface area contributed by atoms with E-state index in [1.807, 2.05) is 0 Å². The molecular weight excluding hydrogens is 297 g/mol. The molecule has 0 aliphatic heterocycles. The summed E-state index contributed by atoms with van der Waals surface area (Å²) in [6.45, 7) is -3.03. The molecular formula is C11H13F3N2O3S. The largest absolute Gasteiger partial charge is 0.406 e. The number of halogens is 3. The molecule has 1 heterocycles. The lowest BCUT2D eigenvalue weighted by Gasteiger charge is -2.23. The first-order valence-corrected chi connectivity index (χ1v) is 6.48. The van der Waals surface area contributed by atoms with Gasteiger partial charge in [0.2, 0.25) is 5.91 Å². The third-order valence-electron chi connectivity index (χ3n) is 2.24. The van der Waals surface area contributed by atoms with E-state index in [1.165, 1.54) is 6.07 Å². The van der Waals surface area contributed by atoms with Gasteiger partial charge in [-0.2, -0.15) is 13.2 Å². The Morgan fingerprint density at radius 2 is 2.10 bits per heavy atom. The molecule has 1 rings (SSSR count). The van der Waals surface area contributed by atoms with Crippen molar-refractivity contribution in [3.63, 3.8) is 0 Å². The second-order valence-electron chi connectivity index (χ2n) is 3.81. The number of alkyl halides is 3. The fourth-order valence-corrected chi connectivity index (χ4v) is 2.03. The predicted octanol–water partition coefficient (Wildman–Crippen LogP) is 0.861. The molecule has 1 aromatic rings. The molecule has 0 aliphatic rings. The van der Waals surface area contributed by atoms with Crippen LogP contribution in [0.4, 0.5) is 13.2 Å². The average Bonchev–Trinajstić information content (AvgIpc) is 2.87. The molecule has 20 heavy (non-hydrogen) atoms. The van der Waals surface area contributed by atoms with E-state index in [2.05, 4.69) is 5.32 Å². The zero-order valence-corrected chi connectivity index (χ0v) is 11.1. The molecule has 0 saturated heterocycles. The monoisotopic (exact) mass is 310 g/mol. The van der Waals surface area contributed by atoms with Gasteiger partial charge < -0.3 is 15.3 Å². The molecule has 5 nitrogen and oxygen atoms in total. The Labute approximate surface area is 117 Å². The highest BCUT2D eigenvalue weighted by Gasteiger charge is 2.32. The normalized spacial score (nSPS) is 11.2. The van der Waals surface area contributed by atoms with E-state index >= 15 is 0 Å².